The molecule has 0 fully saturated rings. The smallest absolute Gasteiger partial charge is 0.384 e. The van der Waals surface area contributed by atoms with E-state index >= 15 is 0 Å². The van der Waals surface area contributed by atoms with Crippen LogP contribution in [-0.2, 0) is 14.3 Å². The van der Waals surface area contributed by atoms with Crippen LogP contribution in [0, 0.1) is 11.8 Å². The van der Waals surface area contributed by atoms with Gasteiger partial charge in [0.2, 0.25) is 0 Å². The maximum absolute atomic E-state index is 10.6. The van der Waals surface area contributed by atoms with Gasteiger partial charge in [-0.3, -0.25) is 4.79 Å². The summed E-state index contributed by atoms with van der Waals surface area (Å²) in [5.74, 6) is 3.92. The number of methoxy groups -OCH3 is 1. The normalized spacial score (nSPS) is 9.24. The van der Waals surface area contributed by atoms with Gasteiger partial charge in [-0.15, -0.1) is 0 Å². The van der Waals surface area contributed by atoms with Crippen molar-refractivity contribution in [3.05, 3.63) is 0 Å². The SMILES string of the molecule is COC(=O)C#CCCCCCCCCC(=O)O. The van der Waals surface area contributed by atoms with Crippen LogP contribution in [0.2, 0.25) is 0 Å². The molecule has 0 radical (unpaired) electrons. The molecule has 0 amide bonds. The Bertz CT molecular complexity index is 286. The number of unbranched alkanes of at least 4 members (excludes halogenated alkanes) is 6. The zero-order valence-corrected chi connectivity index (χ0v) is 10.3. The Kier molecular flexibility index (Phi) is 10.0. The van der Waals surface area contributed by atoms with E-state index in [2.05, 4.69) is 16.6 Å². The first-order valence-electron chi connectivity index (χ1n) is 5.95. The minimum Gasteiger partial charge on any atom is -0.481 e. The summed E-state index contributed by atoms with van der Waals surface area (Å²) in [5, 5.41) is 8.43. The number of carbonyl (C=O) groups excluding carboxylic acids is 1. The first kappa shape index (κ1) is 15.5. The van der Waals surface area contributed by atoms with E-state index in [4.69, 9.17) is 5.11 Å². The molecular formula is C13H20O4. The summed E-state index contributed by atoms with van der Waals surface area (Å²) in [6, 6.07) is 0. The molecule has 0 heterocycles. The topological polar surface area (TPSA) is 63.6 Å². The Morgan fingerprint density at radius 1 is 1.06 bits per heavy atom. The van der Waals surface area contributed by atoms with Crippen molar-refractivity contribution in [1.82, 2.24) is 0 Å². The molecule has 0 aliphatic heterocycles. The Hall–Kier alpha value is -1.50. The first-order chi connectivity index (χ1) is 8.16. The van der Waals surface area contributed by atoms with E-state index in [1.165, 1.54) is 7.11 Å². The van der Waals surface area contributed by atoms with Gasteiger partial charge in [0, 0.05) is 18.8 Å². The van der Waals surface area contributed by atoms with Gasteiger partial charge in [0.25, 0.3) is 0 Å². The second-order valence-corrected chi connectivity index (χ2v) is 3.81. The van der Waals surface area contributed by atoms with Gasteiger partial charge >= 0.3 is 11.9 Å². The lowest BCUT2D eigenvalue weighted by Gasteiger charge is -1.98. The van der Waals surface area contributed by atoms with Crippen LogP contribution in [0.25, 0.3) is 0 Å². The lowest BCUT2D eigenvalue weighted by molar-refractivity contribution is -0.137. The van der Waals surface area contributed by atoms with Crippen molar-refractivity contribution in [2.24, 2.45) is 0 Å². The molecule has 4 heteroatoms. The standard InChI is InChI=1S/C13H20O4/c1-17-13(16)11-9-7-5-3-2-4-6-8-10-12(14)15/h2-8,10H2,1H3,(H,14,15). The zero-order chi connectivity index (χ0) is 12.9. The zero-order valence-electron chi connectivity index (χ0n) is 10.3. The number of carboxylic acids is 1. The summed E-state index contributed by atoms with van der Waals surface area (Å²) in [4.78, 5) is 20.9. The third-order valence-electron chi connectivity index (χ3n) is 2.32. The molecule has 0 unspecified atom stereocenters. The van der Waals surface area contributed by atoms with Crippen LogP contribution >= 0.6 is 0 Å². The van der Waals surface area contributed by atoms with E-state index in [0.29, 0.717) is 6.42 Å². The van der Waals surface area contributed by atoms with Crippen LogP contribution in [0.5, 0.6) is 0 Å². The molecule has 0 aromatic heterocycles. The second-order valence-electron chi connectivity index (χ2n) is 3.81. The fourth-order valence-electron chi connectivity index (χ4n) is 1.38. The van der Waals surface area contributed by atoms with Crippen molar-refractivity contribution in [2.45, 2.75) is 51.4 Å². The van der Waals surface area contributed by atoms with Gasteiger partial charge in [-0.1, -0.05) is 31.6 Å². The average Bonchev–Trinajstić information content (AvgIpc) is 2.30. The van der Waals surface area contributed by atoms with Gasteiger partial charge in [0.15, 0.2) is 0 Å². The number of aliphatic carboxylic acids is 1. The molecule has 96 valence electrons. The molecular weight excluding hydrogens is 220 g/mol. The minimum atomic E-state index is -0.719. The molecule has 1 N–H and O–H groups in total. The van der Waals surface area contributed by atoms with Crippen LogP contribution in [0.4, 0.5) is 0 Å². The van der Waals surface area contributed by atoms with Gasteiger partial charge in [0.1, 0.15) is 0 Å². The number of hydrogen-bond acceptors (Lipinski definition) is 3. The third-order valence-corrected chi connectivity index (χ3v) is 2.32. The summed E-state index contributed by atoms with van der Waals surface area (Å²) in [6.45, 7) is 0. The Morgan fingerprint density at radius 3 is 2.24 bits per heavy atom. The highest BCUT2D eigenvalue weighted by Crippen LogP contribution is 2.08. The fraction of sp³-hybridized carbons (Fsp3) is 0.692. The van der Waals surface area contributed by atoms with Crippen molar-refractivity contribution >= 4 is 11.9 Å². The molecule has 0 aromatic rings. The first-order valence-corrected chi connectivity index (χ1v) is 5.95. The lowest BCUT2D eigenvalue weighted by Crippen LogP contribution is -1.94. The van der Waals surface area contributed by atoms with Gasteiger partial charge < -0.3 is 9.84 Å². The second kappa shape index (κ2) is 11.0. The minimum absolute atomic E-state index is 0.268. The summed E-state index contributed by atoms with van der Waals surface area (Å²) in [5.41, 5.74) is 0. The summed E-state index contributed by atoms with van der Waals surface area (Å²) < 4.78 is 4.38. The molecule has 0 aromatic carbocycles. The summed E-state index contributed by atoms with van der Waals surface area (Å²) in [7, 11) is 1.31. The largest absolute Gasteiger partial charge is 0.481 e. The quantitative estimate of drug-likeness (QED) is 0.306. The van der Waals surface area contributed by atoms with Crippen LogP contribution in [0.3, 0.4) is 0 Å². The molecule has 0 rings (SSSR count). The highest BCUT2D eigenvalue weighted by atomic mass is 16.5. The molecule has 0 bridgehead atoms. The van der Waals surface area contributed by atoms with Crippen molar-refractivity contribution < 1.29 is 19.4 Å². The number of hydrogen-bond donors (Lipinski definition) is 1. The van der Waals surface area contributed by atoms with E-state index in [-0.39, 0.29) is 6.42 Å². The van der Waals surface area contributed by atoms with Crippen molar-refractivity contribution in [1.29, 1.82) is 0 Å². The molecule has 0 aliphatic rings. The molecule has 0 atom stereocenters. The number of carboxylic acid groups (broad SMARTS) is 1. The Morgan fingerprint density at radius 2 is 1.65 bits per heavy atom. The number of ether oxygens (including phenoxy) is 1. The van der Waals surface area contributed by atoms with Crippen LogP contribution in [0.15, 0.2) is 0 Å². The Labute approximate surface area is 102 Å². The van der Waals surface area contributed by atoms with E-state index in [1.54, 1.807) is 0 Å². The fourth-order valence-corrected chi connectivity index (χ4v) is 1.38. The van der Waals surface area contributed by atoms with Crippen LogP contribution in [-0.4, -0.2) is 24.2 Å². The predicted octanol–water partition coefficient (Wildman–Crippen LogP) is 2.37. The highest BCUT2D eigenvalue weighted by molar-refractivity contribution is 5.88. The predicted molar refractivity (Wildman–Crippen MR) is 64.4 cm³/mol. The van der Waals surface area contributed by atoms with E-state index < -0.39 is 11.9 Å². The molecule has 0 spiro atoms. The molecule has 4 nitrogen and oxygen atoms in total. The van der Waals surface area contributed by atoms with Crippen LogP contribution < -0.4 is 0 Å². The van der Waals surface area contributed by atoms with Crippen molar-refractivity contribution in [2.75, 3.05) is 7.11 Å². The summed E-state index contributed by atoms with van der Waals surface area (Å²) in [6.07, 6.45) is 6.93. The molecule has 0 saturated heterocycles. The van der Waals surface area contributed by atoms with Gasteiger partial charge in [0.05, 0.1) is 7.11 Å². The number of carbonyl (C=O) groups is 2. The summed E-state index contributed by atoms with van der Waals surface area (Å²) >= 11 is 0. The van der Waals surface area contributed by atoms with Gasteiger partial charge in [-0.05, 0) is 12.8 Å². The molecule has 0 aliphatic carbocycles. The molecule has 17 heavy (non-hydrogen) atoms. The van der Waals surface area contributed by atoms with E-state index in [0.717, 1.165) is 38.5 Å². The highest BCUT2D eigenvalue weighted by Gasteiger charge is 1.96. The van der Waals surface area contributed by atoms with Gasteiger partial charge in [-0.25, -0.2) is 4.79 Å². The average molecular weight is 240 g/mol. The van der Waals surface area contributed by atoms with Crippen molar-refractivity contribution in [3.8, 4) is 11.8 Å². The number of esters is 1. The van der Waals surface area contributed by atoms with E-state index in [1.807, 2.05) is 0 Å². The lowest BCUT2D eigenvalue weighted by atomic mass is 10.1. The number of rotatable bonds is 8. The maximum atomic E-state index is 10.6. The van der Waals surface area contributed by atoms with Crippen LogP contribution in [0.1, 0.15) is 51.4 Å². The molecule has 0 saturated carbocycles. The monoisotopic (exact) mass is 240 g/mol. The van der Waals surface area contributed by atoms with Crippen molar-refractivity contribution in [3.63, 3.8) is 0 Å². The Balaban J connectivity index is 3.20. The third kappa shape index (κ3) is 12.4. The maximum Gasteiger partial charge on any atom is 0.384 e. The van der Waals surface area contributed by atoms with E-state index in [9.17, 15) is 9.59 Å². The van der Waals surface area contributed by atoms with Gasteiger partial charge in [-0.2, -0.15) is 0 Å².